The van der Waals surface area contributed by atoms with Gasteiger partial charge in [-0.1, -0.05) is 0 Å². The number of imidazole rings is 1. The summed E-state index contributed by atoms with van der Waals surface area (Å²) in [6.07, 6.45) is 2.51. The molecule has 3 aromatic rings. The van der Waals surface area contributed by atoms with Crippen molar-refractivity contribution >= 4 is 22.4 Å². The fourth-order valence-corrected chi connectivity index (χ4v) is 3.05. The minimum atomic E-state index is -0.398. The fraction of sp³-hybridized carbons (Fsp3) is 0.235. The number of benzene rings is 2. The number of nitrogens with zero attached hydrogens (tertiary/aromatic N) is 3. The van der Waals surface area contributed by atoms with Crippen molar-refractivity contribution in [2.45, 2.75) is 12.8 Å². The predicted molar refractivity (Wildman–Crippen MR) is 89.6 cm³/mol. The highest BCUT2D eigenvalue weighted by Crippen LogP contribution is 2.26. The lowest BCUT2D eigenvalue weighted by atomic mass is 10.2. The molecule has 6 nitrogen and oxygen atoms in total. The molecule has 1 aromatic heterocycles. The number of nitrogens with one attached hydrogen (secondary N) is 1. The normalized spacial score (nSPS) is 14.5. The molecule has 4 rings (SSSR count). The molecule has 0 unspecified atom stereocenters. The second-order valence-corrected chi connectivity index (χ2v) is 5.79. The Morgan fingerprint density at radius 1 is 1.09 bits per heavy atom. The lowest BCUT2D eigenvalue weighted by Gasteiger charge is -2.17. The summed E-state index contributed by atoms with van der Waals surface area (Å²) in [7, 11) is 0. The molecule has 1 N–H and O–H groups in total. The van der Waals surface area contributed by atoms with Crippen molar-refractivity contribution < 1.29 is 4.92 Å². The number of nitro groups is 1. The molecule has 0 saturated carbocycles. The van der Waals surface area contributed by atoms with E-state index in [-0.39, 0.29) is 5.69 Å². The van der Waals surface area contributed by atoms with Crippen LogP contribution in [0.4, 0.5) is 11.4 Å². The first-order valence-electron chi connectivity index (χ1n) is 7.70. The Labute approximate surface area is 132 Å². The van der Waals surface area contributed by atoms with Gasteiger partial charge in [-0.25, -0.2) is 4.98 Å². The topological polar surface area (TPSA) is 75.1 Å². The van der Waals surface area contributed by atoms with Crippen LogP contribution in [0.25, 0.3) is 22.4 Å². The highest BCUT2D eigenvalue weighted by Gasteiger charge is 2.13. The molecular weight excluding hydrogens is 292 g/mol. The van der Waals surface area contributed by atoms with Crippen LogP contribution in [0.15, 0.2) is 42.5 Å². The summed E-state index contributed by atoms with van der Waals surface area (Å²) in [4.78, 5) is 20.5. The zero-order valence-electron chi connectivity index (χ0n) is 12.5. The van der Waals surface area contributed by atoms with Crippen LogP contribution >= 0.6 is 0 Å². The van der Waals surface area contributed by atoms with E-state index in [1.54, 1.807) is 6.07 Å². The van der Waals surface area contributed by atoms with E-state index in [9.17, 15) is 10.1 Å². The number of aromatic amines is 1. The van der Waals surface area contributed by atoms with Crippen LogP contribution in [0.2, 0.25) is 0 Å². The van der Waals surface area contributed by atoms with Gasteiger partial charge in [0.1, 0.15) is 5.82 Å². The quantitative estimate of drug-likeness (QED) is 0.591. The Morgan fingerprint density at radius 2 is 1.83 bits per heavy atom. The molecule has 0 radical (unpaired) electrons. The van der Waals surface area contributed by atoms with Crippen LogP contribution in [-0.4, -0.2) is 28.0 Å². The molecule has 0 aliphatic carbocycles. The van der Waals surface area contributed by atoms with Crippen molar-refractivity contribution in [1.82, 2.24) is 9.97 Å². The summed E-state index contributed by atoms with van der Waals surface area (Å²) in [6.45, 7) is 2.24. The number of hydrogen-bond donors (Lipinski definition) is 1. The van der Waals surface area contributed by atoms with Gasteiger partial charge in [-0.2, -0.15) is 0 Å². The first-order chi connectivity index (χ1) is 11.2. The predicted octanol–water partition coefficient (Wildman–Crippen LogP) is 3.74. The van der Waals surface area contributed by atoms with Gasteiger partial charge >= 0.3 is 0 Å². The minimum Gasteiger partial charge on any atom is -0.372 e. The molecule has 2 heterocycles. The molecule has 2 aromatic carbocycles. The molecule has 116 valence electrons. The van der Waals surface area contributed by atoms with Gasteiger partial charge in [-0.3, -0.25) is 10.1 Å². The summed E-state index contributed by atoms with van der Waals surface area (Å²) in [5.74, 6) is 0.730. The van der Waals surface area contributed by atoms with Crippen LogP contribution < -0.4 is 4.90 Å². The van der Waals surface area contributed by atoms with Gasteiger partial charge in [0, 0.05) is 36.5 Å². The molecule has 1 fully saturated rings. The largest absolute Gasteiger partial charge is 0.372 e. The molecule has 0 spiro atoms. The maximum absolute atomic E-state index is 10.9. The minimum absolute atomic E-state index is 0.0667. The zero-order chi connectivity index (χ0) is 15.8. The Hall–Kier alpha value is -2.89. The summed E-state index contributed by atoms with van der Waals surface area (Å²) in [6, 6.07) is 13.0. The first kappa shape index (κ1) is 13.8. The fourth-order valence-electron chi connectivity index (χ4n) is 3.05. The third-order valence-electron chi connectivity index (χ3n) is 4.29. The van der Waals surface area contributed by atoms with E-state index >= 15 is 0 Å². The molecule has 23 heavy (non-hydrogen) atoms. The van der Waals surface area contributed by atoms with E-state index in [0.717, 1.165) is 30.0 Å². The van der Waals surface area contributed by atoms with Gasteiger partial charge in [-0.15, -0.1) is 0 Å². The average Bonchev–Trinajstić information content (AvgIpc) is 3.23. The number of fused-ring (bicyclic) bond motifs is 1. The third-order valence-corrected chi connectivity index (χ3v) is 4.29. The van der Waals surface area contributed by atoms with E-state index in [4.69, 9.17) is 0 Å². The lowest BCUT2D eigenvalue weighted by Crippen LogP contribution is -2.17. The highest BCUT2D eigenvalue weighted by molar-refractivity contribution is 5.81. The first-order valence-corrected chi connectivity index (χ1v) is 7.70. The Bertz CT molecular complexity index is 864. The van der Waals surface area contributed by atoms with Gasteiger partial charge in [-0.05, 0) is 43.2 Å². The van der Waals surface area contributed by atoms with Gasteiger partial charge in [0.05, 0.1) is 16.0 Å². The second-order valence-electron chi connectivity index (χ2n) is 5.79. The van der Waals surface area contributed by atoms with E-state index < -0.39 is 4.92 Å². The maximum Gasteiger partial charge on any atom is 0.271 e. The Kier molecular flexibility index (Phi) is 3.22. The third kappa shape index (κ3) is 2.52. The van der Waals surface area contributed by atoms with Gasteiger partial charge < -0.3 is 9.88 Å². The van der Waals surface area contributed by atoms with E-state index in [1.165, 1.54) is 30.7 Å². The number of rotatable bonds is 3. The number of non-ortho nitro benzene ring substituents is 1. The summed E-state index contributed by atoms with van der Waals surface area (Å²) < 4.78 is 0. The Morgan fingerprint density at radius 3 is 2.52 bits per heavy atom. The summed E-state index contributed by atoms with van der Waals surface area (Å²) >= 11 is 0. The molecule has 1 saturated heterocycles. The van der Waals surface area contributed by atoms with Crippen molar-refractivity contribution in [3.8, 4) is 11.4 Å². The van der Waals surface area contributed by atoms with Crippen LogP contribution in [0.1, 0.15) is 12.8 Å². The summed E-state index contributed by atoms with van der Waals surface area (Å²) in [5, 5.41) is 10.9. The Balaban J connectivity index is 1.66. The number of nitro benzene ring substituents is 1. The number of hydrogen-bond acceptors (Lipinski definition) is 4. The molecule has 0 bridgehead atoms. The van der Waals surface area contributed by atoms with Crippen molar-refractivity contribution in [3.63, 3.8) is 0 Å². The average molecular weight is 308 g/mol. The standard InChI is InChI=1S/C17H16N4O2/c22-21(23)14-7-8-15-16(11-14)19-17(18-15)12-3-5-13(6-4-12)20-9-1-2-10-20/h3-8,11H,1-2,9-10H2,(H,18,19). The number of anilines is 1. The second kappa shape index (κ2) is 5.39. The maximum atomic E-state index is 10.9. The molecule has 6 heteroatoms. The van der Waals surface area contributed by atoms with Crippen molar-refractivity contribution in [3.05, 3.63) is 52.6 Å². The van der Waals surface area contributed by atoms with Crippen LogP contribution in [-0.2, 0) is 0 Å². The molecular formula is C17H16N4O2. The summed E-state index contributed by atoms with van der Waals surface area (Å²) in [5.41, 5.74) is 3.69. The van der Waals surface area contributed by atoms with Gasteiger partial charge in [0.15, 0.2) is 0 Å². The molecule has 0 atom stereocenters. The van der Waals surface area contributed by atoms with Crippen LogP contribution in [0.5, 0.6) is 0 Å². The number of H-pyrrole nitrogens is 1. The zero-order valence-corrected chi connectivity index (χ0v) is 12.5. The van der Waals surface area contributed by atoms with E-state index in [2.05, 4.69) is 27.0 Å². The molecule has 1 aliphatic heterocycles. The SMILES string of the molecule is O=[N+]([O-])c1ccc2nc(-c3ccc(N4CCCC4)cc3)[nH]c2c1. The van der Waals surface area contributed by atoms with E-state index in [1.807, 2.05) is 12.1 Å². The van der Waals surface area contributed by atoms with Gasteiger partial charge in [0.25, 0.3) is 5.69 Å². The van der Waals surface area contributed by atoms with Gasteiger partial charge in [0.2, 0.25) is 0 Å². The van der Waals surface area contributed by atoms with Crippen LogP contribution in [0.3, 0.4) is 0 Å². The van der Waals surface area contributed by atoms with E-state index in [0.29, 0.717) is 5.52 Å². The monoisotopic (exact) mass is 308 g/mol. The lowest BCUT2D eigenvalue weighted by molar-refractivity contribution is -0.384. The smallest absolute Gasteiger partial charge is 0.271 e. The number of aromatic nitrogens is 2. The highest BCUT2D eigenvalue weighted by atomic mass is 16.6. The van der Waals surface area contributed by atoms with Crippen molar-refractivity contribution in [2.75, 3.05) is 18.0 Å². The molecule has 1 aliphatic rings. The molecule has 0 amide bonds. The van der Waals surface area contributed by atoms with Crippen molar-refractivity contribution in [2.24, 2.45) is 0 Å². The van der Waals surface area contributed by atoms with Crippen LogP contribution in [0, 0.1) is 10.1 Å². The van der Waals surface area contributed by atoms with Crippen molar-refractivity contribution in [1.29, 1.82) is 0 Å².